The SMILES string of the molecule is CSC1CCC(NC2CC(c3ccccc3F)C2)C1. The fraction of sp³-hybridized carbons (Fsp3) is 0.625. The lowest BCUT2D eigenvalue weighted by Gasteiger charge is -2.38. The molecule has 2 fully saturated rings. The molecule has 2 atom stereocenters. The predicted molar refractivity (Wildman–Crippen MR) is 80.2 cm³/mol. The van der Waals surface area contributed by atoms with E-state index in [-0.39, 0.29) is 5.82 Å². The topological polar surface area (TPSA) is 12.0 Å². The number of hydrogen-bond acceptors (Lipinski definition) is 2. The zero-order chi connectivity index (χ0) is 13.2. The fourth-order valence-corrected chi connectivity index (χ4v) is 4.25. The molecule has 1 nitrogen and oxygen atoms in total. The van der Waals surface area contributed by atoms with Crippen LogP contribution in [-0.2, 0) is 0 Å². The highest BCUT2D eigenvalue weighted by Gasteiger charge is 2.34. The van der Waals surface area contributed by atoms with Gasteiger partial charge < -0.3 is 5.32 Å². The quantitative estimate of drug-likeness (QED) is 0.896. The van der Waals surface area contributed by atoms with Crippen LogP contribution >= 0.6 is 11.8 Å². The summed E-state index contributed by atoms with van der Waals surface area (Å²) >= 11 is 2.00. The number of rotatable bonds is 4. The third-order valence-electron chi connectivity index (χ3n) is 4.67. The van der Waals surface area contributed by atoms with Gasteiger partial charge in [0.25, 0.3) is 0 Å². The second-order valence-electron chi connectivity index (χ2n) is 5.92. The van der Waals surface area contributed by atoms with Crippen LogP contribution < -0.4 is 5.32 Å². The molecule has 104 valence electrons. The maximum atomic E-state index is 13.7. The zero-order valence-electron chi connectivity index (χ0n) is 11.4. The number of thioether (sulfide) groups is 1. The van der Waals surface area contributed by atoms with Gasteiger partial charge in [-0.15, -0.1) is 0 Å². The second-order valence-corrected chi connectivity index (χ2v) is 7.06. The van der Waals surface area contributed by atoms with E-state index < -0.39 is 0 Å². The smallest absolute Gasteiger partial charge is 0.126 e. The Balaban J connectivity index is 1.47. The lowest BCUT2D eigenvalue weighted by Crippen LogP contribution is -2.44. The highest BCUT2D eigenvalue weighted by molar-refractivity contribution is 7.99. The summed E-state index contributed by atoms with van der Waals surface area (Å²) in [7, 11) is 0. The van der Waals surface area contributed by atoms with Crippen LogP contribution in [0.4, 0.5) is 4.39 Å². The molecule has 2 unspecified atom stereocenters. The van der Waals surface area contributed by atoms with E-state index in [2.05, 4.69) is 11.6 Å². The number of hydrogen-bond donors (Lipinski definition) is 1. The van der Waals surface area contributed by atoms with Crippen molar-refractivity contribution in [3.63, 3.8) is 0 Å². The van der Waals surface area contributed by atoms with Crippen LogP contribution in [0.5, 0.6) is 0 Å². The second kappa shape index (κ2) is 5.84. The van der Waals surface area contributed by atoms with E-state index in [0.29, 0.717) is 18.0 Å². The van der Waals surface area contributed by atoms with Crippen LogP contribution in [0.3, 0.4) is 0 Å². The Morgan fingerprint density at radius 1 is 1.11 bits per heavy atom. The van der Waals surface area contributed by atoms with Gasteiger partial charge in [0.05, 0.1) is 0 Å². The minimum atomic E-state index is -0.0331. The van der Waals surface area contributed by atoms with Crippen LogP contribution in [0, 0.1) is 5.82 Å². The Labute approximate surface area is 119 Å². The highest BCUT2D eigenvalue weighted by Crippen LogP contribution is 2.39. The van der Waals surface area contributed by atoms with E-state index in [1.165, 1.54) is 19.3 Å². The Bertz CT molecular complexity index is 431. The third-order valence-corrected chi connectivity index (χ3v) is 5.77. The monoisotopic (exact) mass is 279 g/mol. The molecule has 19 heavy (non-hydrogen) atoms. The first-order valence-electron chi connectivity index (χ1n) is 7.29. The Morgan fingerprint density at radius 2 is 1.89 bits per heavy atom. The summed E-state index contributed by atoms with van der Waals surface area (Å²) in [6, 6.07) is 8.54. The van der Waals surface area contributed by atoms with Gasteiger partial charge >= 0.3 is 0 Å². The van der Waals surface area contributed by atoms with Crippen LogP contribution in [-0.4, -0.2) is 23.6 Å². The maximum Gasteiger partial charge on any atom is 0.126 e. The molecule has 2 aliphatic carbocycles. The minimum absolute atomic E-state index is 0.0331. The average molecular weight is 279 g/mol. The number of benzene rings is 1. The van der Waals surface area contributed by atoms with Gasteiger partial charge in [0, 0.05) is 17.3 Å². The normalized spacial score (nSPS) is 34.2. The van der Waals surface area contributed by atoms with E-state index in [4.69, 9.17) is 0 Å². The molecule has 0 amide bonds. The van der Waals surface area contributed by atoms with E-state index in [9.17, 15) is 4.39 Å². The molecule has 3 heteroatoms. The fourth-order valence-electron chi connectivity index (χ4n) is 3.45. The summed E-state index contributed by atoms with van der Waals surface area (Å²) in [5.41, 5.74) is 0.911. The molecule has 0 radical (unpaired) electrons. The van der Waals surface area contributed by atoms with Gasteiger partial charge in [-0.25, -0.2) is 4.39 Å². The lowest BCUT2D eigenvalue weighted by molar-refractivity contribution is 0.261. The Morgan fingerprint density at radius 3 is 2.58 bits per heavy atom. The number of nitrogens with one attached hydrogen (secondary N) is 1. The van der Waals surface area contributed by atoms with Crippen LogP contribution in [0.25, 0.3) is 0 Å². The van der Waals surface area contributed by atoms with Crippen molar-refractivity contribution in [2.24, 2.45) is 0 Å². The summed E-state index contributed by atoms with van der Waals surface area (Å²) in [5, 5.41) is 4.61. The van der Waals surface area contributed by atoms with Gasteiger partial charge in [0.2, 0.25) is 0 Å². The Hall–Kier alpha value is -0.540. The molecule has 2 aliphatic rings. The van der Waals surface area contributed by atoms with Crippen molar-refractivity contribution in [3.8, 4) is 0 Å². The average Bonchev–Trinajstić information content (AvgIpc) is 2.82. The van der Waals surface area contributed by atoms with Gasteiger partial charge in [0.15, 0.2) is 0 Å². The largest absolute Gasteiger partial charge is 0.311 e. The lowest BCUT2D eigenvalue weighted by atomic mass is 9.75. The first-order chi connectivity index (χ1) is 9.26. The zero-order valence-corrected chi connectivity index (χ0v) is 12.3. The molecule has 2 saturated carbocycles. The summed E-state index contributed by atoms with van der Waals surface area (Å²) in [4.78, 5) is 0. The van der Waals surface area contributed by atoms with Crippen LogP contribution in [0.1, 0.15) is 43.6 Å². The van der Waals surface area contributed by atoms with Crippen LogP contribution in [0.15, 0.2) is 24.3 Å². The molecule has 0 bridgehead atoms. The van der Waals surface area contributed by atoms with E-state index >= 15 is 0 Å². The standard InChI is InChI=1S/C16H22FNS/c1-19-14-7-6-12(10-14)18-13-8-11(9-13)15-4-2-3-5-16(15)17/h2-5,11-14,18H,6-10H2,1H3. The number of halogens is 1. The van der Waals surface area contributed by atoms with Crippen molar-refractivity contribution in [1.29, 1.82) is 0 Å². The van der Waals surface area contributed by atoms with Crippen LogP contribution in [0.2, 0.25) is 0 Å². The van der Waals surface area contributed by atoms with E-state index in [0.717, 1.165) is 23.7 Å². The predicted octanol–water partition coefficient (Wildman–Crippen LogP) is 3.95. The molecule has 0 aromatic heterocycles. The summed E-state index contributed by atoms with van der Waals surface area (Å²) in [5.74, 6) is 0.394. The van der Waals surface area contributed by atoms with Crippen molar-refractivity contribution >= 4 is 11.8 Å². The Kier molecular flexibility index (Phi) is 4.13. The molecule has 0 spiro atoms. The van der Waals surface area contributed by atoms with Crippen molar-refractivity contribution < 1.29 is 4.39 Å². The van der Waals surface area contributed by atoms with E-state index in [1.54, 1.807) is 12.1 Å². The molecule has 1 aromatic rings. The molecule has 1 N–H and O–H groups in total. The molecule has 3 rings (SSSR count). The molecule has 0 aliphatic heterocycles. The van der Waals surface area contributed by atoms with Crippen molar-refractivity contribution in [3.05, 3.63) is 35.6 Å². The maximum absolute atomic E-state index is 13.7. The minimum Gasteiger partial charge on any atom is -0.311 e. The third kappa shape index (κ3) is 2.97. The molecule has 1 aromatic carbocycles. The van der Waals surface area contributed by atoms with E-state index in [1.807, 2.05) is 23.9 Å². The molecule has 0 heterocycles. The van der Waals surface area contributed by atoms with Gasteiger partial charge in [-0.1, -0.05) is 18.2 Å². The van der Waals surface area contributed by atoms with Crippen molar-refractivity contribution in [1.82, 2.24) is 5.32 Å². The molecule has 0 saturated heterocycles. The van der Waals surface area contributed by atoms with Gasteiger partial charge in [0.1, 0.15) is 5.82 Å². The molecular formula is C16H22FNS. The van der Waals surface area contributed by atoms with Crippen molar-refractivity contribution in [2.45, 2.75) is 55.4 Å². The summed E-state index contributed by atoms with van der Waals surface area (Å²) in [6.45, 7) is 0. The highest BCUT2D eigenvalue weighted by atomic mass is 32.2. The summed E-state index contributed by atoms with van der Waals surface area (Å²) < 4.78 is 13.7. The van der Waals surface area contributed by atoms with Gasteiger partial charge in [-0.2, -0.15) is 11.8 Å². The van der Waals surface area contributed by atoms with Gasteiger partial charge in [-0.3, -0.25) is 0 Å². The first-order valence-corrected chi connectivity index (χ1v) is 8.58. The molecular weight excluding hydrogens is 257 g/mol. The summed E-state index contributed by atoms with van der Waals surface area (Å²) in [6.07, 6.45) is 8.38. The first kappa shape index (κ1) is 13.4. The van der Waals surface area contributed by atoms with Gasteiger partial charge in [-0.05, 0) is 55.9 Å². The van der Waals surface area contributed by atoms with Crippen molar-refractivity contribution in [2.75, 3.05) is 6.26 Å².